The average molecular weight is 477 g/mol. The minimum absolute atomic E-state index is 0.125. The van der Waals surface area contributed by atoms with E-state index in [0.717, 1.165) is 12.1 Å². The van der Waals surface area contributed by atoms with Crippen LogP contribution in [-0.2, 0) is 11.2 Å². The number of carbonyl (C=O) groups is 2. The maximum atomic E-state index is 13.4. The van der Waals surface area contributed by atoms with Crippen molar-refractivity contribution in [2.45, 2.75) is 12.8 Å². The van der Waals surface area contributed by atoms with Crippen molar-refractivity contribution in [2.24, 2.45) is 0 Å². The lowest BCUT2D eigenvalue weighted by Gasteiger charge is -2.17. The molecule has 0 aliphatic heterocycles. The van der Waals surface area contributed by atoms with Crippen LogP contribution in [0.1, 0.15) is 22.7 Å². The molecule has 0 saturated carbocycles. The summed E-state index contributed by atoms with van der Waals surface area (Å²) in [5, 5.41) is 9.92. The Morgan fingerprint density at radius 3 is 2.77 bits per heavy atom. The van der Waals surface area contributed by atoms with Gasteiger partial charge in [-0.05, 0) is 55.3 Å². The highest BCUT2D eigenvalue weighted by molar-refractivity contribution is 6.02. The van der Waals surface area contributed by atoms with Gasteiger partial charge in [-0.25, -0.2) is 4.39 Å². The number of furan rings is 1. The molecule has 35 heavy (non-hydrogen) atoms. The summed E-state index contributed by atoms with van der Waals surface area (Å²) in [6, 6.07) is 18.2. The molecule has 0 atom stereocenters. The average Bonchev–Trinajstić information content (AvgIpc) is 3.55. The van der Waals surface area contributed by atoms with E-state index in [0.29, 0.717) is 35.7 Å². The van der Waals surface area contributed by atoms with Crippen molar-refractivity contribution in [2.75, 3.05) is 25.5 Å². The monoisotopic (exact) mass is 476 g/mol. The van der Waals surface area contributed by atoms with Crippen LogP contribution in [0, 0.1) is 5.82 Å². The minimum atomic E-state index is -0.372. The summed E-state index contributed by atoms with van der Waals surface area (Å²) in [6.07, 6.45) is 2.84. The molecule has 2 N–H and O–H groups in total. The van der Waals surface area contributed by atoms with E-state index in [1.807, 2.05) is 6.07 Å². The van der Waals surface area contributed by atoms with Gasteiger partial charge in [0.2, 0.25) is 0 Å². The van der Waals surface area contributed by atoms with Crippen molar-refractivity contribution in [1.29, 1.82) is 0 Å². The normalized spacial score (nSPS) is 10.7. The quantitative estimate of drug-likeness (QED) is 0.350. The van der Waals surface area contributed by atoms with Crippen LogP contribution in [0.25, 0.3) is 11.3 Å². The second kappa shape index (κ2) is 11.1. The molecule has 2 aromatic heterocycles. The molecular formula is C26H25FN4O4. The minimum Gasteiger partial charge on any atom is -0.484 e. The third kappa shape index (κ3) is 6.57. The van der Waals surface area contributed by atoms with Crippen LogP contribution in [0.4, 0.5) is 10.1 Å². The number of aryl methyl sites for hydroxylation is 1. The van der Waals surface area contributed by atoms with E-state index in [-0.39, 0.29) is 30.0 Å². The van der Waals surface area contributed by atoms with Crippen molar-refractivity contribution >= 4 is 17.5 Å². The van der Waals surface area contributed by atoms with Gasteiger partial charge in [0.15, 0.2) is 12.4 Å². The molecule has 2 aromatic carbocycles. The number of halogens is 1. The van der Waals surface area contributed by atoms with Crippen LogP contribution < -0.4 is 10.1 Å². The van der Waals surface area contributed by atoms with Gasteiger partial charge in [-0.15, -0.1) is 0 Å². The largest absolute Gasteiger partial charge is 0.484 e. The van der Waals surface area contributed by atoms with Gasteiger partial charge in [0.25, 0.3) is 11.8 Å². The van der Waals surface area contributed by atoms with Crippen LogP contribution in [-0.4, -0.2) is 47.1 Å². The summed E-state index contributed by atoms with van der Waals surface area (Å²) in [6.45, 7) is 0.412. The molecule has 8 nitrogen and oxygen atoms in total. The highest BCUT2D eigenvalue weighted by Crippen LogP contribution is 2.20. The molecule has 0 radical (unpaired) electrons. The van der Waals surface area contributed by atoms with Crippen molar-refractivity contribution in [3.63, 3.8) is 0 Å². The summed E-state index contributed by atoms with van der Waals surface area (Å²) in [7, 11) is 1.72. The van der Waals surface area contributed by atoms with E-state index in [1.165, 1.54) is 18.4 Å². The Morgan fingerprint density at radius 1 is 1.11 bits per heavy atom. The molecule has 4 aromatic rings. The first-order valence-electron chi connectivity index (χ1n) is 11.1. The number of nitrogens with one attached hydrogen (secondary N) is 2. The first-order valence-corrected chi connectivity index (χ1v) is 11.1. The number of nitrogens with zero attached hydrogens (tertiary/aromatic N) is 2. The van der Waals surface area contributed by atoms with Gasteiger partial charge in [-0.1, -0.05) is 18.2 Å². The third-order valence-corrected chi connectivity index (χ3v) is 5.32. The third-order valence-electron chi connectivity index (χ3n) is 5.32. The number of H-pyrrole nitrogens is 1. The first kappa shape index (κ1) is 23.7. The van der Waals surface area contributed by atoms with Gasteiger partial charge in [0.05, 0.1) is 12.0 Å². The Hall–Kier alpha value is -4.40. The molecule has 0 unspecified atom stereocenters. The molecule has 4 rings (SSSR count). The fourth-order valence-corrected chi connectivity index (χ4v) is 3.44. The van der Waals surface area contributed by atoms with E-state index in [2.05, 4.69) is 15.5 Å². The van der Waals surface area contributed by atoms with E-state index < -0.39 is 0 Å². The number of amides is 2. The first-order chi connectivity index (χ1) is 17.0. The number of hydrogen-bond acceptors (Lipinski definition) is 5. The molecule has 0 aliphatic carbocycles. The number of aromatic amines is 1. The zero-order chi connectivity index (χ0) is 24.6. The Bertz CT molecular complexity index is 1290. The van der Waals surface area contributed by atoms with Crippen LogP contribution in [0.15, 0.2) is 77.4 Å². The van der Waals surface area contributed by atoms with Crippen molar-refractivity contribution in [3.8, 4) is 17.0 Å². The van der Waals surface area contributed by atoms with Gasteiger partial charge >= 0.3 is 0 Å². The highest BCUT2D eigenvalue weighted by atomic mass is 19.1. The van der Waals surface area contributed by atoms with Crippen molar-refractivity contribution in [1.82, 2.24) is 15.1 Å². The molecule has 0 fully saturated rings. The van der Waals surface area contributed by atoms with E-state index in [4.69, 9.17) is 9.15 Å². The van der Waals surface area contributed by atoms with E-state index in [1.54, 1.807) is 60.5 Å². The summed E-state index contributed by atoms with van der Waals surface area (Å²) in [5.74, 6) is -0.178. The van der Waals surface area contributed by atoms with Gasteiger partial charge in [-0.2, -0.15) is 5.10 Å². The van der Waals surface area contributed by atoms with Gasteiger partial charge in [-0.3, -0.25) is 14.7 Å². The van der Waals surface area contributed by atoms with Crippen LogP contribution >= 0.6 is 0 Å². The number of anilines is 1. The molecule has 0 bridgehead atoms. The molecule has 0 saturated heterocycles. The van der Waals surface area contributed by atoms with Crippen LogP contribution in [0.3, 0.4) is 0 Å². The number of rotatable bonds is 10. The SMILES string of the molecule is CN(CCCc1cc(-c2cccc(F)c2)n[nH]1)C(=O)COc1cccc(NC(=O)c2ccco2)c1. The van der Waals surface area contributed by atoms with Gasteiger partial charge in [0.1, 0.15) is 11.6 Å². The highest BCUT2D eigenvalue weighted by Gasteiger charge is 2.12. The Labute approximate surface area is 201 Å². The standard InChI is InChI=1S/C26H25FN4O4/c1-31(12-4-9-21-16-23(30-29-21)18-6-2-7-19(27)14-18)25(32)17-35-22-10-3-8-20(15-22)28-26(33)24-11-5-13-34-24/h2-3,5-8,10-11,13-16H,4,9,12,17H2,1H3,(H,28,33)(H,29,30). The number of benzene rings is 2. The predicted octanol–water partition coefficient (Wildman–Crippen LogP) is 4.53. The summed E-state index contributed by atoms with van der Waals surface area (Å²) >= 11 is 0. The Morgan fingerprint density at radius 2 is 1.97 bits per heavy atom. The fourth-order valence-electron chi connectivity index (χ4n) is 3.44. The van der Waals surface area contributed by atoms with E-state index in [9.17, 15) is 14.0 Å². The molecule has 9 heteroatoms. The van der Waals surface area contributed by atoms with Crippen molar-refractivity contribution < 1.29 is 23.1 Å². The molecule has 2 amide bonds. The number of likely N-dealkylation sites (N-methyl/N-ethyl adjacent to an activating group) is 1. The fraction of sp³-hybridized carbons (Fsp3) is 0.192. The van der Waals surface area contributed by atoms with E-state index >= 15 is 0 Å². The molecule has 2 heterocycles. The van der Waals surface area contributed by atoms with Gasteiger partial charge in [0, 0.05) is 36.6 Å². The van der Waals surface area contributed by atoms with Crippen molar-refractivity contribution in [3.05, 3.63) is 90.3 Å². The summed E-state index contributed by atoms with van der Waals surface area (Å²) in [5.41, 5.74) is 2.83. The zero-order valence-electron chi connectivity index (χ0n) is 19.2. The molecule has 180 valence electrons. The second-order valence-electron chi connectivity index (χ2n) is 7.96. The summed E-state index contributed by atoms with van der Waals surface area (Å²) < 4.78 is 24.1. The lowest BCUT2D eigenvalue weighted by atomic mass is 10.1. The van der Waals surface area contributed by atoms with Crippen LogP contribution in [0.5, 0.6) is 5.75 Å². The van der Waals surface area contributed by atoms with Gasteiger partial charge < -0.3 is 19.4 Å². The number of ether oxygens (including phenoxy) is 1. The zero-order valence-corrected chi connectivity index (χ0v) is 19.2. The Kier molecular flexibility index (Phi) is 7.57. The molecule has 0 spiro atoms. The maximum absolute atomic E-state index is 13.4. The topological polar surface area (TPSA) is 100 Å². The smallest absolute Gasteiger partial charge is 0.291 e. The predicted molar refractivity (Wildman–Crippen MR) is 129 cm³/mol. The van der Waals surface area contributed by atoms with Crippen LogP contribution in [0.2, 0.25) is 0 Å². The number of aromatic nitrogens is 2. The lowest BCUT2D eigenvalue weighted by molar-refractivity contribution is -0.132. The number of carbonyl (C=O) groups excluding carboxylic acids is 2. The molecule has 0 aliphatic rings. The second-order valence-corrected chi connectivity index (χ2v) is 7.96. The Balaban J connectivity index is 1.21. The summed E-state index contributed by atoms with van der Waals surface area (Å²) in [4.78, 5) is 26.2. The number of hydrogen-bond donors (Lipinski definition) is 2. The molecular weight excluding hydrogens is 451 g/mol. The maximum Gasteiger partial charge on any atom is 0.291 e. The lowest BCUT2D eigenvalue weighted by Crippen LogP contribution is -2.32.